The van der Waals surface area contributed by atoms with Gasteiger partial charge in [-0.25, -0.2) is 0 Å². The predicted molar refractivity (Wildman–Crippen MR) is 45.2 cm³/mol. The van der Waals surface area contributed by atoms with Crippen LogP contribution in [0.4, 0.5) is 0 Å². The lowest BCUT2D eigenvalue weighted by molar-refractivity contribution is 1.32. The van der Waals surface area contributed by atoms with Crippen molar-refractivity contribution in [3.05, 3.63) is 35.0 Å². The van der Waals surface area contributed by atoms with E-state index in [2.05, 4.69) is 22.5 Å². The van der Waals surface area contributed by atoms with E-state index in [0.29, 0.717) is 0 Å². The van der Waals surface area contributed by atoms with E-state index >= 15 is 0 Å². The Labute approximate surface area is 64.1 Å². The molecule has 0 aliphatic heterocycles. The van der Waals surface area contributed by atoms with Crippen LogP contribution < -0.4 is 5.73 Å². The number of allylic oxidation sites excluding steroid dienone is 5. The summed E-state index contributed by atoms with van der Waals surface area (Å²) in [4.78, 5) is 0. The van der Waals surface area contributed by atoms with E-state index in [1.807, 2.05) is 25.2 Å². The number of hydrogen-bond donors (Lipinski definition) is 1. The molecule has 2 heteroatoms. The van der Waals surface area contributed by atoms with Crippen LogP contribution in [0.3, 0.4) is 0 Å². The third kappa shape index (κ3) is 7.50. The van der Waals surface area contributed by atoms with Crippen molar-refractivity contribution >= 4 is 15.9 Å². The number of nitrogens with two attached hydrogens (primary N) is 1. The van der Waals surface area contributed by atoms with Gasteiger partial charge in [0, 0.05) is 10.2 Å². The van der Waals surface area contributed by atoms with Gasteiger partial charge in [-0.05, 0) is 19.1 Å². The van der Waals surface area contributed by atoms with Crippen LogP contribution >= 0.6 is 15.9 Å². The fourth-order valence-electron chi connectivity index (χ4n) is 0.304. The zero-order chi connectivity index (χ0) is 7.28. The zero-order valence-electron chi connectivity index (χ0n) is 5.39. The molecular weight excluding hydrogens is 178 g/mol. The first-order valence-electron chi connectivity index (χ1n) is 2.58. The highest BCUT2D eigenvalue weighted by Crippen LogP contribution is 2.01. The molecule has 0 aromatic carbocycles. The highest BCUT2D eigenvalue weighted by atomic mass is 79.9. The molecular formula is C7H10BrN. The quantitative estimate of drug-likeness (QED) is 0.661. The van der Waals surface area contributed by atoms with Crippen molar-refractivity contribution in [1.82, 2.24) is 0 Å². The molecule has 0 amide bonds. The molecule has 0 saturated heterocycles. The Morgan fingerprint density at radius 2 is 2.22 bits per heavy atom. The summed E-state index contributed by atoms with van der Waals surface area (Å²) in [5.74, 6) is 0. The van der Waals surface area contributed by atoms with Crippen molar-refractivity contribution in [3.8, 4) is 0 Å². The number of halogens is 1. The normalized spacial score (nSPS) is 12.4. The Morgan fingerprint density at radius 3 is 2.56 bits per heavy atom. The molecule has 0 aromatic rings. The summed E-state index contributed by atoms with van der Waals surface area (Å²) in [6, 6.07) is 0. The largest absolute Gasteiger partial charge is 0.402 e. The van der Waals surface area contributed by atoms with Crippen molar-refractivity contribution in [2.45, 2.75) is 6.92 Å². The molecule has 0 aliphatic rings. The molecule has 0 aromatic heterocycles. The molecule has 0 radical (unpaired) electrons. The minimum Gasteiger partial charge on any atom is -0.402 e. The molecule has 0 saturated carbocycles. The van der Waals surface area contributed by atoms with Gasteiger partial charge in [-0.1, -0.05) is 28.6 Å². The van der Waals surface area contributed by atoms with Crippen LogP contribution in [-0.2, 0) is 0 Å². The van der Waals surface area contributed by atoms with E-state index in [4.69, 9.17) is 5.73 Å². The fraction of sp³-hybridized carbons (Fsp3) is 0.143. The van der Waals surface area contributed by atoms with E-state index in [9.17, 15) is 0 Å². The van der Waals surface area contributed by atoms with Gasteiger partial charge in [0.2, 0.25) is 0 Å². The first-order valence-corrected chi connectivity index (χ1v) is 3.37. The maximum atomic E-state index is 5.34. The zero-order valence-corrected chi connectivity index (χ0v) is 6.98. The third-order valence-electron chi connectivity index (χ3n) is 0.636. The lowest BCUT2D eigenvalue weighted by Crippen LogP contribution is -1.87. The maximum absolute atomic E-state index is 5.34. The van der Waals surface area contributed by atoms with Crippen LogP contribution in [-0.4, -0.2) is 0 Å². The minimum absolute atomic E-state index is 0.792. The van der Waals surface area contributed by atoms with E-state index in [0.717, 1.165) is 10.2 Å². The van der Waals surface area contributed by atoms with Crippen molar-refractivity contribution in [1.29, 1.82) is 0 Å². The predicted octanol–water partition coefficient (Wildman–Crippen LogP) is 2.31. The maximum Gasteiger partial charge on any atom is 0.0103 e. The van der Waals surface area contributed by atoms with E-state index in [-0.39, 0.29) is 0 Å². The van der Waals surface area contributed by atoms with Gasteiger partial charge in [-0.3, -0.25) is 0 Å². The van der Waals surface area contributed by atoms with Gasteiger partial charge >= 0.3 is 0 Å². The number of rotatable bonds is 2. The molecule has 0 unspecified atom stereocenters. The lowest BCUT2D eigenvalue weighted by Gasteiger charge is -1.82. The molecule has 0 bridgehead atoms. The van der Waals surface area contributed by atoms with Crippen LogP contribution in [0.5, 0.6) is 0 Å². The second kappa shape index (κ2) is 4.39. The molecule has 9 heavy (non-hydrogen) atoms. The Kier molecular flexibility index (Phi) is 4.14. The van der Waals surface area contributed by atoms with Crippen LogP contribution in [0.25, 0.3) is 0 Å². The average molecular weight is 188 g/mol. The molecule has 0 rings (SSSR count). The van der Waals surface area contributed by atoms with Gasteiger partial charge in [-0.2, -0.15) is 0 Å². The van der Waals surface area contributed by atoms with Crippen LogP contribution in [0.2, 0.25) is 0 Å². The summed E-state index contributed by atoms with van der Waals surface area (Å²) < 4.78 is 0.847. The molecule has 1 nitrogen and oxygen atoms in total. The van der Waals surface area contributed by atoms with Crippen LogP contribution in [0.15, 0.2) is 35.0 Å². The van der Waals surface area contributed by atoms with Gasteiger partial charge in [0.15, 0.2) is 0 Å². The fourth-order valence-corrected chi connectivity index (χ4v) is 0.457. The Balaban J connectivity index is 3.74. The summed E-state index contributed by atoms with van der Waals surface area (Å²) >= 11 is 3.17. The first-order chi connectivity index (χ1) is 4.13. The summed E-state index contributed by atoms with van der Waals surface area (Å²) in [6.45, 7) is 5.45. The molecule has 0 heterocycles. The second-order valence-electron chi connectivity index (χ2n) is 1.72. The van der Waals surface area contributed by atoms with Gasteiger partial charge in [0.1, 0.15) is 0 Å². The molecule has 0 aliphatic carbocycles. The van der Waals surface area contributed by atoms with E-state index in [1.54, 1.807) is 0 Å². The smallest absolute Gasteiger partial charge is 0.0103 e. The average Bonchev–Trinajstić information content (AvgIpc) is 1.63. The first kappa shape index (κ1) is 8.50. The standard InChI is InChI=1S/C7H10BrN/c1-6(8)4-3-5-7(2)9/h3-5H,1,9H2,2H3/b4-3-,7-5+. The highest BCUT2D eigenvalue weighted by Gasteiger charge is 1.73. The van der Waals surface area contributed by atoms with Crippen LogP contribution in [0.1, 0.15) is 6.92 Å². The Morgan fingerprint density at radius 1 is 1.67 bits per heavy atom. The van der Waals surface area contributed by atoms with Crippen molar-refractivity contribution < 1.29 is 0 Å². The SMILES string of the molecule is C=C(Br)/C=C\C=C(/C)N. The van der Waals surface area contributed by atoms with Gasteiger partial charge in [0.25, 0.3) is 0 Å². The van der Waals surface area contributed by atoms with Gasteiger partial charge in [-0.15, -0.1) is 0 Å². The number of hydrogen-bond acceptors (Lipinski definition) is 1. The summed E-state index contributed by atoms with van der Waals surface area (Å²) in [6.07, 6.45) is 5.48. The summed E-state index contributed by atoms with van der Waals surface area (Å²) in [5.41, 5.74) is 6.14. The van der Waals surface area contributed by atoms with Crippen LogP contribution in [0, 0.1) is 0 Å². The topological polar surface area (TPSA) is 26.0 Å². The minimum atomic E-state index is 0.792. The molecule has 50 valence electrons. The van der Waals surface area contributed by atoms with Crippen molar-refractivity contribution in [2.24, 2.45) is 5.73 Å². The molecule has 0 atom stereocenters. The van der Waals surface area contributed by atoms with Gasteiger partial charge in [0.05, 0.1) is 0 Å². The third-order valence-corrected chi connectivity index (χ3v) is 0.901. The monoisotopic (exact) mass is 187 g/mol. The highest BCUT2D eigenvalue weighted by molar-refractivity contribution is 9.11. The molecule has 0 spiro atoms. The molecule has 0 fully saturated rings. The second-order valence-corrected chi connectivity index (χ2v) is 2.74. The van der Waals surface area contributed by atoms with E-state index < -0.39 is 0 Å². The summed E-state index contributed by atoms with van der Waals surface area (Å²) in [5, 5.41) is 0. The summed E-state index contributed by atoms with van der Waals surface area (Å²) in [7, 11) is 0. The van der Waals surface area contributed by atoms with Gasteiger partial charge < -0.3 is 5.73 Å². The van der Waals surface area contributed by atoms with E-state index in [1.165, 1.54) is 0 Å². The Bertz CT molecular complexity index is 152. The molecule has 2 N–H and O–H groups in total. The van der Waals surface area contributed by atoms with Crippen molar-refractivity contribution in [2.75, 3.05) is 0 Å². The van der Waals surface area contributed by atoms with Crippen molar-refractivity contribution in [3.63, 3.8) is 0 Å². The Hall–Kier alpha value is -0.500. The lowest BCUT2D eigenvalue weighted by atomic mass is 10.4.